The summed E-state index contributed by atoms with van der Waals surface area (Å²) >= 11 is 12.6. The molecule has 0 saturated carbocycles. The molecule has 8 nitrogen and oxygen atoms in total. The molecule has 2 N–H and O–H groups in total. The highest BCUT2D eigenvalue weighted by Gasteiger charge is 2.18. The number of hydrogen-bond acceptors (Lipinski definition) is 7. The third-order valence-electron chi connectivity index (χ3n) is 3.81. The van der Waals surface area contributed by atoms with E-state index in [9.17, 15) is 15.2 Å². The van der Waals surface area contributed by atoms with E-state index in [4.69, 9.17) is 21.1 Å². The van der Waals surface area contributed by atoms with Crippen LogP contribution in [0.2, 0.25) is 5.02 Å². The number of benzene rings is 1. The Hall–Kier alpha value is -2.19. The number of ether oxygens (including phenoxy) is 2. The molecule has 0 bridgehead atoms. The second kappa shape index (κ2) is 11.3. The molecule has 0 spiro atoms. The zero-order valence-corrected chi connectivity index (χ0v) is 19.9. The molecule has 30 heavy (non-hydrogen) atoms. The zero-order valence-electron chi connectivity index (χ0n) is 16.0. The smallest absolute Gasteiger partial charge is 0.278 e. The fourth-order valence-electron chi connectivity index (χ4n) is 2.42. The third-order valence-corrected chi connectivity index (χ3v) is 5.61. The molecule has 0 unspecified atom stereocenters. The molecule has 1 aromatic heterocycles. The number of nitriles is 1. The topological polar surface area (TPSA) is 117 Å². The first-order chi connectivity index (χ1) is 14.3. The van der Waals surface area contributed by atoms with E-state index in [1.807, 2.05) is 6.07 Å². The standard InChI is InChI=1S/C19H17Br2ClN4O4/c1-10-17(21)14(8-29-2)13(7-23)19(25-10)30-9-16(27)26-24-4-3-11-5-12(20)6-15(22)18(11)28/h4-6,28H,3,8-9H2,1-2H3,(H,26,27)/b24-4+. The molecule has 0 radical (unpaired) electrons. The Bertz CT molecular complexity index is 1020. The minimum atomic E-state index is -0.540. The lowest BCUT2D eigenvalue weighted by Crippen LogP contribution is -2.25. The number of halogens is 3. The van der Waals surface area contributed by atoms with Crippen molar-refractivity contribution in [2.45, 2.75) is 20.0 Å². The SMILES string of the molecule is COCc1c(Br)c(C)nc(OCC(=O)N/N=C/Cc2cc(Br)cc(Cl)c2O)c1C#N. The number of carbonyl (C=O) groups excluding carboxylic acids is 1. The Morgan fingerprint density at radius 1 is 1.47 bits per heavy atom. The van der Waals surface area contributed by atoms with Crippen LogP contribution in [0.25, 0.3) is 0 Å². The number of hydrogen-bond donors (Lipinski definition) is 2. The van der Waals surface area contributed by atoms with Gasteiger partial charge in [-0.1, -0.05) is 27.5 Å². The second-order valence-corrected chi connectivity index (χ2v) is 8.07. The van der Waals surface area contributed by atoms with Crippen molar-refractivity contribution in [1.82, 2.24) is 10.4 Å². The molecule has 0 aliphatic heterocycles. The number of phenols is 1. The number of nitrogens with zero attached hydrogens (tertiary/aromatic N) is 3. The summed E-state index contributed by atoms with van der Waals surface area (Å²) < 4.78 is 11.9. The second-order valence-electron chi connectivity index (χ2n) is 5.95. The Morgan fingerprint density at radius 3 is 2.87 bits per heavy atom. The number of aromatic hydroxyl groups is 1. The predicted octanol–water partition coefficient (Wildman–Crippen LogP) is 4.02. The van der Waals surface area contributed by atoms with Gasteiger partial charge in [0.15, 0.2) is 6.61 Å². The summed E-state index contributed by atoms with van der Waals surface area (Å²) in [5.74, 6) is -0.547. The number of hydrazone groups is 1. The summed E-state index contributed by atoms with van der Waals surface area (Å²) in [4.78, 5) is 16.2. The minimum absolute atomic E-state index is 0.0399. The Kier molecular flexibility index (Phi) is 9.05. The molecule has 2 aromatic rings. The van der Waals surface area contributed by atoms with Crippen molar-refractivity contribution in [1.29, 1.82) is 5.26 Å². The molecule has 1 heterocycles. The van der Waals surface area contributed by atoms with Crippen LogP contribution in [0, 0.1) is 18.3 Å². The molecule has 1 amide bonds. The highest BCUT2D eigenvalue weighted by atomic mass is 79.9. The molecule has 158 valence electrons. The first kappa shape index (κ1) is 24.1. The summed E-state index contributed by atoms with van der Waals surface area (Å²) in [5.41, 5.74) is 4.23. The molecule has 0 saturated heterocycles. The average molecular weight is 561 g/mol. The number of carbonyl (C=O) groups is 1. The van der Waals surface area contributed by atoms with Crippen LogP contribution < -0.4 is 10.2 Å². The van der Waals surface area contributed by atoms with Crippen LogP contribution in [-0.2, 0) is 22.6 Å². The molecule has 0 aliphatic rings. The van der Waals surface area contributed by atoms with Gasteiger partial charge in [0.2, 0.25) is 5.88 Å². The van der Waals surface area contributed by atoms with Crippen molar-refractivity contribution in [2.24, 2.45) is 5.10 Å². The van der Waals surface area contributed by atoms with Crippen molar-refractivity contribution in [3.8, 4) is 17.7 Å². The van der Waals surface area contributed by atoms with Gasteiger partial charge in [-0.2, -0.15) is 10.4 Å². The summed E-state index contributed by atoms with van der Waals surface area (Å²) in [6.07, 6.45) is 1.66. The van der Waals surface area contributed by atoms with Gasteiger partial charge in [0.25, 0.3) is 5.91 Å². The summed E-state index contributed by atoms with van der Waals surface area (Å²) in [7, 11) is 1.51. The lowest BCUT2D eigenvalue weighted by atomic mass is 10.1. The number of rotatable bonds is 8. The fraction of sp³-hybridized carbons (Fsp3) is 0.263. The molecule has 0 atom stereocenters. The molecule has 0 fully saturated rings. The van der Waals surface area contributed by atoms with Crippen LogP contribution >= 0.6 is 43.5 Å². The lowest BCUT2D eigenvalue weighted by molar-refractivity contribution is -0.123. The normalized spacial score (nSPS) is 10.8. The van der Waals surface area contributed by atoms with E-state index >= 15 is 0 Å². The molecular weight excluding hydrogens is 543 g/mol. The maximum atomic E-state index is 12.0. The minimum Gasteiger partial charge on any atom is -0.506 e. The van der Waals surface area contributed by atoms with Gasteiger partial charge in [-0.05, 0) is 35.0 Å². The van der Waals surface area contributed by atoms with Gasteiger partial charge in [-0.15, -0.1) is 0 Å². The van der Waals surface area contributed by atoms with Crippen LogP contribution in [0.15, 0.2) is 26.2 Å². The van der Waals surface area contributed by atoms with Crippen LogP contribution in [0.4, 0.5) is 0 Å². The maximum Gasteiger partial charge on any atom is 0.278 e. The number of methoxy groups -OCH3 is 1. The average Bonchev–Trinajstić information content (AvgIpc) is 2.70. The monoisotopic (exact) mass is 558 g/mol. The summed E-state index contributed by atoms with van der Waals surface area (Å²) in [5, 5.41) is 23.4. The van der Waals surface area contributed by atoms with Crippen molar-refractivity contribution in [3.05, 3.63) is 48.5 Å². The quantitative estimate of drug-likeness (QED) is 0.372. The Morgan fingerprint density at radius 2 is 2.20 bits per heavy atom. The van der Waals surface area contributed by atoms with Crippen LogP contribution in [-0.4, -0.2) is 35.9 Å². The molecule has 11 heteroatoms. The maximum absolute atomic E-state index is 12.0. The molecule has 1 aromatic carbocycles. The van der Waals surface area contributed by atoms with Crippen LogP contribution in [0.5, 0.6) is 11.6 Å². The van der Waals surface area contributed by atoms with E-state index in [1.165, 1.54) is 13.3 Å². The van der Waals surface area contributed by atoms with Gasteiger partial charge in [-0.3, -0.25) is 4.79 Å². The van der Waals surface area contributed by atoms with E-state index in [0.717, 1.165) is 0 Å². The van der Waals surface area contributed by atoms with E-state index in [2.05, 4.69) is 47.4 Å². The number of pyridine rings is 1. The largest absolute Gasteiger partial charge is 0.506 e. The molecule has 0 aliphatic carbocycles. The molecular formula is C19H17Br2ClN4O4. The van der Waals surface area contributed by atoms with Gasteiger partial charge in [0.1, 0.15) is 17.4 Å². The lowest BCUT2D eigenvalue weighted by Gasteiger charge is -2.13. The van der Waals surface area contributed by atoms with Crippen molar-refractivity contribution < 1.29 is 19.4 Å². The van der Waals surface area contributed by atoms with E-state index in [1.54, 1.807) is 19.1 Å². The zero-order chi connectivity index (χ0) is 22.3. The Balaban J connectivity index is 1.99. The third kappa shape index (κ3) is 6.15. The van der Waals surface area contributed by atoms with Crippen molar-refractivity contribution in [3.63, 3.8) is 0 Å². The predicted molar refractivity (Wildman–Crippen MR) is 119 cm³/mol. The first-order valence-electron chi connectivity index (χ1n) is 8.46. The van der Waals surface area contributed by atoms with Gasteiger partial charge >= 0.3 is 0 Å². The number of phenolic OH excluding ortho intramolecular Hbond substituents is 1. The summed E-state index contributed by atoms with van der Waals surface area (Å²) in [6.45, 7) is 1.54. The van der Waals surface area contributed by atoms with E-state index in [-0.39, 0.29) is 41.9 Å². The van der Waals surface area contributed by atoms with Crippen molar-refractivity contribution >= 4 is 55.6 Å². The van der Waals surface area contributed by atoms with Gasteiger partial charge < -0.3 is 14.6 Å². The first-order valence-corrected chi connectivity index (χ1v) is 10.4. The van der Waals surface area contributed by atoms with Crippen LogP contribution in [0.3, 0.4) is 0 Å². The van der Waals surface area contributed by atoms with Gasteiger partial charge in [0, 0.05) is 39.8 Å². The number of aromatic nitrogens is 1. The highest BCUT2D eigenvalue weighted by molar-refractivity contribution is 9.10. The van der Waals surface area contributed by atoms with Gasteiger partial charge in [-0.25, -0.2) is 10.4 Å². The Labute approximate surface area is 195 Å². The van der Waals surface area contributed by atoms with Gasteiger partial charge in [0.05, 0.1) is 17.3 Å². The number of amides is 1. The van der Waals surface area contributed by atoms with Crippen LogP contribution in [0.1, 0.15) is 22.4 Å². The number of aryl methyl sites for hydroxylation is 1. The fourth-order valence-corrected chi connectivity index (χ4v) is 3.69. The van der Waals surface area contributed by atoms with Crippen molar-refractivity contribution in [2.75, 3.05) is 13.7 Å². The highest BCUT2D eigenvalue weighted by Crippen LogP contribution is 2.31. The molecule has 2 rings (SSSR count). The van der Waals surface area contributed by atoms with E-state index < -0.39 is 5.91 Å². The van der Waals surface area contributed by atoms with E-state index in [0.29, 0.717) is 25.8 Å². The summed E-state index contributed by atoms with van der Waals surface area (Å²) in [6, 6.07) is 5.30. The number of nitrogens with one attached hydrogen (secondary N) is 1.